The quantitative estimate of drug-likeness (QED) is 0.461. The maximum absolute atomic E-state index is 12.7. The van der Waals surface area contributed by atoms with Crippen molar-refractivity contribution in [2.45, 2.75) is 18.2 Å². The van der Waals surface area contributed by atoms with Crippen molar-refractivity contribution < 1.29 is 27.4 Å². The Morgan fingerprint density at radius 1 is 0.970 bits per heavy atom. The van der Waals surface area contributed by atoms with E-state index in [1.165, 1.54) is 50.1 Å². The highest BCUT2D eigenvalue weighted by Gasteiger charge is 2.17. The SMILES string of the molecule is CCc1ccc(OCC(=O)Nc2ccc(S(=O)(=O)Nc3cc(OC)nc(OC)n3)cc2)cc1. The monoisotopic (exact) mass is 472 g/mol. The number of sulfonamides is 1. The summed E-state index contributed by atoms with van der Waals surface area (Å²) in [4.78, 5) is 20.0. The number of carbonyl (C=O) groups is 1. The van der Waals surface area contributed by atoms with Crippen molar-refractivity contribution in [3.05, 3.63) is 60.2 Å². The number of ether oxygens (including phenoxy) is 3. The summed E-state index contributed by atoms with van der Waals surface area (Å²) in [5.74, 6) is 0.345. The van der Waals surface area contributed by atoms with Crippen LogP contribution in [0.4, 0.5) is 11.5 Å². The van der Waals surface area contributed by atoms with Crippen LogP contribution in [0, 0.1) is 0 Å². The minimum atomic E-state index is -3.95. The minimum absolute atomic E-state index is 0.0137. The molecule has 0 aliphatic heterocycles. The second-order valence-electron chi connectivity index (χ2n) is 6.75. The molecule has 0 spiro atoms. The van der Waals surface area contributed by atoms with E-state index < -0.39 is 10.0 Å². The lowest BCUT2D eigenvalue weighted by Crippen LogP contribution is -2.20. The van der Waals surface area contributed by atoms with Crippen molar-refractivity contribution in [3.8, 4) is 17.6 Å². The van der Waals surface area contributed by atoms with Gasteiger partial charge in [0.25, 0.3) is 15.9 Å². The van der Waals surface area contributed by atoms with Gasteiger partial charge in [-0.2, -0.15) is 9.97 Å². The molecule has 3 rings (SSSR count). The predicted octanol–water partition coefficient (Wildman–Crippen LogP) is 2.87. The normalized spacial score (nSPS) is 10.9. The number of nitrogens with one attached hydrogen (secondary N) is 2. The van der Waals surface area contributed by atoms with E-state index in [0.717, 1.165) is 6.42 Å². The molecule has 0 aliphatic carbocycles. The van der Waals surface area contributed by atoms with E-state index in [-0.39, 0.29) is 35.1 Å². The summed E-state index contributed by atoms with van der Waals surface area (Å²) < 4.78 is 43.1. The summed E-state index contributed by atoms with van der Waals surface area (Å²) in [5.41, 5.74) is 1.60. The molecular formula is C22H24N4O6S. The molecule has 0 atom stereocenters. The molecule has 0 unspecified atom stereocenters. The molecule has 174 valence electrons. The molecule has 0 saturated heterocycles. The maximum atomic E-state index is 12.7. The highest BCUT2D eigenvalue weighted by atomic mass is 32.2. The standard InChI is InChI=1S/C22H24N4O6S/c1-4-15-5-9-17(10-6-15)32-14-20(27)23-16-7-11-18(12-8-16)33(28,29)26-19-13-21(30-2)25-22(24-19)31-3/h5-13H,4,14H2,1-3H3,(H,23,27)(H,24,25,26). The molecule has 1 amide bonds. The molecular weight excluding hydrogens is 448 g/mol. The van der Waals surface area contributed by atoms with Gasteiger partial charge in [-0.1, -0.05) is 19.1 Å². The second kappa shape index (κ2) is 10.6. The number of methoxy groups -OCH3 is 2. The third-order valence-electron chi connectivity index (χ3n) is 4.46. The van der Waals surface area contributed by atoms with Gasteiger partial charge in [0.2, 0.25) is 5.88 Å². The van der Waals surface area contributed by atoms with Crippen LogP contribution in [0.5, 0.6) is 17.6 Å². The molecule has 0 fully saturated rings. The van der Waals surface area contributed by atoms with E-state index in [0.29, 0.717) is 11.4 Å². The van der Waals surface area contributed by atoms with Gasteiger partial charge in [-0.05, 0) is 48.4 Å². The van der Waals surface area contributed by atoms with Crippen LogP contribution in [-0.2, 0) is 21.2 Å². The predicted molar refractivity (Wildman–Crippen MR) is 122 cm³/mol. The molecule has 1 heterocycles. The Hall–Kier alpha value is -3.86. The first-order valence-corrected chi connectivity index (χ1v) is 11.4. The van der Waals surface area contributed by atoms with Crippen molar-refractivity contribution in [1.29, 1.82) is 0 Å². The number of anilines is 2. The fourth-order valence-corrected chi connectivity index (χ4v) is 3.73. The average molecular weight is 473 g/mol. The molecule has 2 N–H and O–H groups in total. The molecule has 0 radical (unpaired) electrons. The zero-order valence-corrected chi connectivity index (χ0v) is 19.2. The molecule has 0 saturated carbocycles. The van der Waals surface area contributed by atoms with Gasteiger partial charge in [-0.3, -0.25) is 9.52 Å². The topological polar surface area (TPSA) is 129 Å². The molecule has 10 nitrogen and oxygen atoms in total. The third-order valence-corrected chi connectivity index (χ3v) is 5.83. The van der Waals surface area contributed by atoms with Crippen LogP contribution in [0.15, 0.2) is 59.5 Å². The molecule has 0 bridgehead atoms. The van der Waals surface area contributed by atoms with Crippen molar-refractivity contribution >= 4 is 27.4 Å². The van der Waals surface area contributed by atoms with Crippen LogP contribution in [0.2, 0.25) is 0 Å². The molecule has 33 heavy (non-hydrogen) atoms. The van der Waals surface area contributed by atoms with Crippen LogP contribution < -0.4 is 24.2 Å². The van der Waals surface area contributed by atoms with Crippen molar-refractivity contribution in [1.82, 2.24) is 9.97 Å². The minimum Gasteiger partial charge on any atom is -0.484 e. The Morgan fingerprint density at radius 2 is 1.67 bits per heavy atom. The van der Waals surface area contributed by atoms with E-state index in [1.807, 2.05) is 24.3 Å². The summed E-state index contributed by atoms with van der Waals surface area (Å²) in [7, 11) is -1.21. The van der Waals surface area contributed by atoms with Crippen LogP contribution in [0.1, 0.15) is 12.5 Å². The number of amides is 1. The Balaban J connectivity index is 1.61. The molecule has 1 aromatic heterocycles. The zero-order valence-electron chi connectivity index (χ0n) is 18.4. The first-order valence-electron chi connectivity index (χ1n) is 9.94. The van der Waals surface area contributed by atoms with E-state index in [9.17, 15) is 13.2 Å². The maximum Gasteiger partial charge on any atom is 0.321 e. The lowest BCUT2D eigenvalue weighted by atomic mass is 10.2. The van der Waals surface area contributed by atoms with Crippen molar-refractivity contribution in [2.24, 2.45) is 0 Å². The van der Waals surface area contributed by atoms with Gasteiger partial charge in [0.15, 0.2) is 12.4 Å². The zero-order chi connectivity index (χ0) is 23.8. The number of benzene rings is 2. The highest BCUT2D eigenvalue weighted by molar-refractivity contribution is 7.92. The van der Waals surface area contributed by atoms with Gasteiger partial charge in [0, 0.05) is 11.8 Å². The van der Waals surface area contributed by atoms with Crippen molar-refractivity contribution in [3.63, 3.8) is 0 Å². The van der Waals surface area contributed by atoms with Crippen molar-refractivity contribution in [2.75, 3.05) is 30.9 Å². The summed E-state index contributed by atoms with van der Waals surface area (Å²) >= 11 is 0. The fraction of sp³-hybridized carbons (Fsp3) is 0.227. The van der Waals surface area contributed by atoms with E-state index in [1.54, 1.807) is 0 Å². The number of nitrogens with zero attached hydrogens (tertiary/aromatic N) is 2. The number of aryl methyl sites for hydroxylation is 1. The Labute approximate surface area is 192 Å². The fourth-order valence-electron chi connectivity index (χ4n) is 2.73. The summed E-state index contributed by atoms with van der Waals surface area (Å²) in [5, 5.41) is 2.66. The van der Waals surface area contributed by atoms with Gasteiger partial charge in [0.05, 0.1) is 19.1 Å². The van der Waals surface area contributed by atoms with E-state index in [2.05, 4.69) is 26.9 Å². The van der Waals surface area contributed by atoms with Crippen LogP contribution in [0.3, 0.4) is 0 Å². The van der Waals surface area contributed by atoms with Gasteiger partial charge in [-0.15, -0.1) is 0 Å². The molecule has 3 aromatic rings. The second-order valence-corrected chi connectivity index (χ2v) is 8.43. The van der Waals surface area contributed by atoms with E-state index >= 15 is 0 Å². The molecule has 0 aliphatic rings. The largest absolute Gasteiger partial charge is 0.484 e. The molecule has 2 aromatic carbocycles. The Morgan fingerprint density at radius 3 is 2.27 bits per heavy atom. The lowest BCUT2D eigenvalue weighted by Gasteiger charge is -2.11. The number of rotatable bonds is 10. The Bertz CT molecular complexity index is 1180. The summed E-state index contributed by atoms with van der Waals surface area (Å²) in [6.07, 6.45) is 0.920. The van der Waals surface area contributed by atoms with Crippen LogP contribution in [-0.4, -0.2) is 45.1 Å². The number of aromatic nitrogens is 2. The first kappa shape index (κ1) is 23.8. The summed E-state index contributed by atoms with van der Waals surface area (Å²) in [6, 6.07) is 14.4. The van der Waals surface area contributed by atoms with Gasteiger partial charge >= 0.3 is 6.01 Å². The third kappa shape index (κ3) is 6.56. The smallest absolute Gasteiger partial charge is 0.321 e. The number of hydrogen-bond donors (Lipinski definition) is 2. The van der Waals surface area contributed by atoms with Crippen LogP contribution >= 0.6 is 0 Å². The Kier molecular flexibility index (Phi) is 7.67. The van der Waals surface area contributed by atoms with Gasteiger partial charge < -0.3 is 19.5 Å². The van der Waals surface area contributed by atoms with Gasteiger partial charge in [-0.25, -0.2) is 8.42 Å². The van der Waals surface area contributed by atoms with Gasteiger partial charge in [0.1, 0.15) is 5.75 Å². The van der Waals surface area contributed by atoms with Crippen LogP contribution in [0.25, 0.3) is 0 Å². The number of hydrogen-bond acceptors (Lipinski definition) is 8. The van der Waals surface area contributed by atoms with E-state index in [4.69, 9.17) is 14.2 Å². The number of carbonyl (C=O) groups excluding carboxylic acids is 1. The molecule has 11 heteroatoms. The lowest BCUT2D eigenvalue weighted by molar-refractivity contribution is -0.118. The summed E-state index contributed by atoms with van der Waals surface area (Å²) in [6.45, 7) is 1.88. The highest BCUT2D eigenvalue weighted by Crippen LogP contribution is 2.21. The average Bonchev–Trinajstić information content (AvgIpc) is 2.82. The first-order chi connectivity index (χ1) is 15.8.